The Hall–Kier alpha value is -2.90. The lowest BCUT2D eigenvalue weighted by Gasteiger charge is -2.05. The topological polar surface area (TPSA) is 98.0 Å². The second-order valence-corrected chi connectivity index (χ2v) is 3.87. The van der Waals surface area contributed by atoms with Crippen LogP contribution in [-0.4, -0.2) is 20.8 Å². The van der Waals surface area contributed by atoms with Crippen LogP contribution in [0.3, 0.4) is 0 Å². The highest BCUT2D eigenvalue weighted by atomic mass is 19.1. The van der Waals surface area contributed by atoms with Crippen LogP contribution < -0.4 is 5.32 Å². The van der Waals surface area contributed by atoms with Crippen molar-refractivity contribution in [3.63, 3.8) is 0 Å². The van der Waals surface area contributed by atoms with Crippen molar-refractivity contribution in [2.24, 2.45) is 0 Å². The molecule has 102 valence electrons. The van der Waals surface area contributed by atoms with Crippen molar-refractivity contribution in [2.75, 3.05) is 5.32 Å². The van der Waals surface area contributed by atoms with Crippen LogP contribution in [-0.2, 0) is 0 Å². The molecule has 0 aliphatic rings. The molecule has 0 fully saturated rings. The Kier molecular flexibility index (Phi) is 3.65. The summed E-state index contributed by atoms with van der Waals surface area (Å²) < 4.78 is 13.4. The summed E-state index contributed by atoms with van der Waals surface area (Å²) in [5.74, 6) is -1.36. The van der Waals surface area contributed by atoms with Gasteiger partial charge in [-0.25, -0.2) is 9.37 Å². The number of hydrogen-bond donors (Lipinski definition) is 1. The minimum atomic E-state index is -0.761. The van der Waals surface area contributed by atoms with Crippen LogP contribution in [0.1, 0.15) is 16.1 Å². The van der Waals surface area contributed by atoms with Crippen LogP contribution in [0.15, 0.2) is 30.6 Å². The smallest absolute Gasteiger partial charge is 0.290 e. The zero-order valence-electron chi connectivity index (χ0n) is 10.3. The van der Waals surface area contributed by atoms with Gasteiger partial charge in [0.2, 0.25) is 0 Å². The third kappa shape index (κ3) is 2.74. The third-order valence-electron chi connectivity index (χ3n) is 2.51. The highest BCUT2D eigenvalue weighted by Gasteiger charge is 2.15. The number of aryl methyl sites for hydroxylation is 1. The van der Waals surface area contributed by atoms with Gasteiger partial charge in [-0.15, -0.1) is 0 Å². The van der Waals surface area contributed by atoms with Crippen LogP contribution in [0, 0.1) is 22.9 Å². The highest BCUT2D eigenvalue weighted by Crippen LogP contribution is 2.18. The zero-order valence-corrected chi connectivity index (χ0v) is 10.3. The lowest BCUT2D eigenvalue weighted by molar-refractivity contribution is -0.385. The summed E-state index contributed by atoms with van der Waals surface area (Å²) >= 11 is 0. The van der Waals surface area contributed by atoms with Crippen molar-refractivity contribution in [1.29, 1.82) is 0 Å². The third-order valence-corrected chi connectivity index (χ3v) is 2.51. The molecule has 1 amide bonds. The minimum Gasteiger partial charge on any atom is -0.306 e. The molecule has 0 aromatic carbocycles. The number of carbonyl (C=O) groups is 1. The molecular formula is C12H9FN4O3. The first kappa shape index (κ1) is 13.5. The van der Waals surface area contributed by atoms with Crippen molar-refractivity contribution in [3.8, 4) is 0 Å². The molecule has 1 N–H and O–H groups in total. The van der Waals surface area contributed by atoms with E-state index in [0.29, 0.717) is 0 Å². The number of rotatable bonds is 3. The van der Waals surface area contributed by atoms with E-state index >= 15 is 0 Å². The van der Waals surface area contributed by atoms with Gasteiger partial charge >= 0.3 is 0 Å². The average Bonchev–Trinajstić information content (AvgIpc) is 2.38. The molecule has 8 heteroatoms. The highest BCUT2D eigenvalue weighted by molar-refractivity contribution is 6.03. The molecule has 2 aromatic heterocycles. The summed E-state index contributed by atoms with van der Waals surface area (Å²) in [6, 6.07) is 3.73. The molecule has 2 rings (SSSR count). The number of carbonyl (C=O) groups excluding carboxylic acids is 1. The molecular weight excluding hydrogens is 267 g/mol. The Morgan fingerprint density at radius 2 is 2.15 bits per heavy atom. The fourth-order valence-corrected chi connectivity index (χ4v) is 1.56. The number of nitrogens with zero attached hydrogens (tertiary/aromatic N) is 3. The number of nitrogens with one attached hydrogen (secondary N) is 1. The van der Waals surface area contributed by atoms with E-state index in [1.807, 2.05) is 0 Å². The predicted molar refractivity (Wildman–Crippen MR) is 67.8 cm³/mol. The Morgan fingerprint density at radius 3 is 2.75 bits per heavy atom. The number of amides is 1. The van der Waals surface area contributed by atoms with E-state index in [9.17, 15) is 19.3 Å². The quantitative estimate of drug-likeness (QED) is 0.683. The minimum absolute atomic E-state index is 0.106. The molecule has 2 heterocycles. The lowest BCUT2D eigenvalue weighted by atomic mass is 10.2. The summed E-state index contributed by atoms with van der Waals surface area (Å²) in [4.78, 5) is 29.3. The van der Waals surface area contributed by atoms with Crippen molar-refractivity contribution >= 4 is 17.4 Å². The Bertz CT molecular complexity index is 690. The van der Waals surface area contributed by atoms with E-state index in [2.05, 4.69) is 15.3 Å². The van der Waals surface area contributed by atoms with Crippen LogP contribution in [0.25, 0.3) is 0 Å². The van der Waals surface area contributed by atoms with Gasteiger partial charge in [0.15, 0.2) is 5.82 Å². The molecule has 0 aliphatic heterocycles. The molecule has 0 bridgehead atoms. The predicted octanol–water partition coefficient (Wildman–Crippen LogP) is 2.08. The van der Waals surface area contributed by atoms with E-state index in [4.69, 9.17) is 0 Å². The van der Waals surface area contributed by atoms with E-state index in [-0.39, 0.29) is 22.8 Å². The first-order valence-corrected chi connectivity index (χ1v) is 5.52. The van der Waals surface area contributed by atoms with Gasteiger partial charge in [0, 0.05) is 12.3 Å². The maximum atomic E-state index is 13.4. The second kappa shape index (κ2) is 5.39. The van der Waals surface area contributed by atoms with Gasteiger partial charge in [0.1, 0.15) is 11.5 Å². The second-order valence-electron chi connectivity index (χ2n) is 3.87. The summed E-state index contributed by atoms with van der Waals surface area (Å²) in [6.07, 6.45) is 2.20. The summed E-state index contributed by atoms with van der Waals surface area (Å²) in [5.41, 5.74) is -0.182. The van der Waals surface area contributed by atoms with E-state index < -0.39 is 16.6 Å². The average molecular weight is 276 g/mol. The van der Waals surface area contributed by atoms with Crippen LogP contribution in [0.5, 0.6) is 0 Å². The molecule has 0 saturated carbocycles. The van der Waals surface area contributed by atoms with Gasteiger partial charge in [-0.05, 0) is 19.1 Å². The van der Waals surface area contributed by atoms with Crippen LogP contribution >= 0.6 is 0 Å². The SMILES string of the molecule is Cc1nc(NC(=O)c2ccncc2F)ccc1[N+](=O)[O-]. The number of hydrogen-bond acceptors (Lipinski definition) is 5. The number of halogens is 1. The molecule has 0 aliphatic carbocycles. The standard InChI is InChI=1S/C12H9FN4O3/c1-7-10(17(19)20)2-3-11(15-7)16-12(18)8-4-5-14-6-9(8)13/h2-6H,1H3,(H,15,16,18). The van der Waals surface area contributed by atoms with E-state index in [1.54, 1.807) is 0 Å². The molecule has 0 atom stereocenters. The Labute approximate surface area is 112 Å². The maximum absolute atomic E-state index is 13.4. The van der Waals surface area contributed by atoms with Gasteiger partial charge < -0.3 is 5.32 Å². The Balaban J connectivity index is 2.23. The molecule has 2 aromatic rings. The molecule has 0 unspecified atom stereocenters. The molecule has 20 heavy (non-hydrogen) atoms. The largest absolute Gasteiger partial charge is 0.306 e. The summed E-state index contributed by atoms with van der Waals surface area (Å²) in [5, 5.41) is 13.0. The Morgan fingerprint density at radius 1 is 1.40 bits per heavy atom. The van der Waals surface area contributed by atoms with Crippen molar-refractivity contribution in [1.82, 2.24) is 9.97 Å². The van der Waals surface area contributed by atoms with Gasteiger partial charge in [0.05, 0.1) is 16.7 Å². The monoisotopic (exact) mass is 276 g/mol. The molecule has 0 saturated heterocycles. The van der Waals surface area contributed by atoms with Crippen LogP contribution in [0.4, 0.5) is 15.9 Å². The number of aromatic nitrogens is 2. The van der Waals surface area contributed by atoms with Gasteiger partial charge in [-0.1, -0.05) is 0 Å². The van der Waals surface area contributed by atoms with Gasteiger partial charge in [-0.3, -0.25) is 19.9 Å². The maximum Gasteiger partial charge on any atom is 0.290 e. The van der Waals surface area contributed by atoms with E-state index in [1.165, 1.54) is 31.3 Å². The van der Waals surface area contributed by atoms with Gasteiger partial charge in [0.25, 0.3) is 11.6 Å². The van der Waals surface area contributed by atoms with Crippen molar-refractivity contribution in [3.05, 3.63) is 57.8 Å². The first-order chi connectivity index (χ1) is 9.49. The molecule has 0 spiro atoms. The van der Waals surface area contributed by atoms with E-state index in [0.717, 1.165) is 6.20 Å². The lowest BCUT2D eigenvalue weighted by Crippen LogP contribution is -2.15. The molecule has 0 radical (unpaired) electrons. The van der Waals surface area contributed by atoms with Crippen molar-refractivity contribution in [2.45, 2.75) is 6.92 Å². The normalized spacial score (nSPS) is 10.1. The number of nitro groups is 1. The summed E-state index contributed by atoms with van der Waals surface area (Å²) in [6.45, 7) is 1.45. The first-order valence-electron chi connectivity index (χ1n) is 5.52. The van der Waals surface area contributed by atoms with Gasteiger partial charge in [-0.2, -0.15) is 0 Å². The summed E-state index contributed by atoms with van der Waals surface area (Å²) in [7, 11) is 0. The fraction of sp³-hybridized carbons (Fsp3) is 0.0833. The number of anilines is 1. The molecule has 7 nitrogen and oxygen atoms in total. The van der Waals surface area contributed by atoms with Crippen molar-refractivity contribution < 1.29 is 14.1 Å². The van der Waals surface area contributed by atoms with Crippen LogP contribution in [0.2, 0.25) is 0 Å². The fourth-order valence-electron chi connectivity index (χ4n) is 1.56. The zero-order chi connectivity index (χ0) is 14.7. The number of pyridine rings is 2.